The molecule has 0 unspecified atom stereocenters. The standard InChI is InChI=1S/C23H27Cl2FN4O4S/c1-23(2,34-20-11-17(24)19(26)10-18(20)25)22(31)28-14-8-15-5-6-16(9-14)30(15)21-7-4-13(12-27-21)29-35(3,32)33/h4,7,10-12,14-16,29H,5-6,8-9H2,1-3H3,(H,28,31)/t14-,15+,16-. The second-order valence-corrected chi connectivity index (χ2v) is 12.1. The fourth-order valence-electron chi connectivity index (χ4n) is 4.75. The lowest BCUT2D eigenvalue weighted by molar-refractivity contribution is -0.135. The molecule has 0 aliphatic carbocycles. The number of sulfonamides is 1. The van der Waals surface area contributed by atoms with Gasteiger partial charge in [0.1, 0.15) is 17.4 Å². The Labute approximate surface area is 214 Å². The van der Waals surface area contributed by atoms with E-state index < -0.39 is 21.4 Å². The second kappa shape index (κ2) is 9.63. The smallest absolute Gasteiger partial charge is 0.263 e. The number of nitrogens with one attached hydrogen (secondary N) is 2. The molecule has 2 fully saturated rings. The SMILES string of the molecule is CC(C)(Oc1cc(Cl)c(F)cc1Cl)C(=O)N[C@H]1C[C@H]2CC[C@@H](C1)N2c1ccc(NS(C)(=O)=O)cn1. The van der Waals surface area contributed by atoms with Crippen LogP contribution in [-0.2, 0) is 14.8 Å². The minimum absolute atomic E-state index is 0.0318. The van der Waals surface area contributed by atoms with Gasteiger partial charge in [0.25, 0.3) is 5.91 Å². The Kier molecular flexibility index (Phi) is 7.09. The fourth-order valence-corrected chi connectivity index (χ4v) is 5.64. The topological polar surface area (TPSA) is 101 Å². The van der Waals surface area contributed by atoms with Gasteiger partial charge >= 0.3 is 0 Å². The molecule has 1 amide bonds. The highest BCUT2D eigenvalue weighted by Gasteiger charge is 2.43. The first-order valence-corrected chi connectivity index (χ1v) is 13.8. The van der Waals surface area contributed by atoms with Crippen LogP contribution in [0.2, 0.25) is 10.0 Å². The van der Waals surface area contributed by atoms with Gasteiger partial charge in [0, 0.05) is 24.2 Å². The van der Waals surface area contributed by atoms with Crippen LogP contribution in [0.5, 0.6) is 5.75 Å². The number of benzene rings is 1. The molecule has 0 radical (unpaired) electrons. The van der Waals surface area contributed by atoms with Gasteiger partial charge in [-0.2, -0.15) is 0 Å². The summed E-state index contributed by atoms with van der Waals surface area (Å²) in [6.07, 6.45) is 6.04. The van der Waals surface area contributed by atoms with Crippen LogP contribution in [-0.4, -0.2) is 49.3 Å². The zero-order chi connectivity index (χ0) is 25.5. The van der Waals surface area contributed by atoms with Gasteiger partial charge < -0.3 is 15.0 Å². The monoisotopic (exact) mass is 544 g/mol. The van der Waals surface area contributed by atoms with Crippen LogP contribution in [0.1, 0.15) is 39.5 Å². The van der Waals surface area contributed by atoms with E-state index in [0.717, 1.165) is 43.8 Å². The van der Waals surface area contributed by atoms with Crippen LogP contribution >= 0.6 is 23.2 Å². The Morgan fingerprint density at radius 2 is 1.83 bits per heavy atom. The number of amides is 1. The maximum absolute atomic E-state index is 13.6. The summed E-state index contributed by atoms with van der Waals surface area (Å²) in [5.41, 5.74) is -0.846. The number of hydrogen-bond acceptors (Lipinski definition) is 6. The largest absolute Gasteiger partial charge is 0.476 e. The van der Waals surface area contributed by atoms with Crippen molar-refractivity contribution < 1.29 is 22.3 Å². The van der Waals surface area contributed by atoms with E-state index in [-0.39, 0.29) is 39.8 Å². The molecule has 4 rings (SSSR count). The molecule has 2 aromatic rings. The number of carbonyl (C=O) groups is 1. The van der Waals surface area contributed by atoms with Crippen LogP contribution in [0.4, 0.5) is 15.9 Å². The molecule has 0 saturated carbocycles. The van der Waals surface area contributed by atoms with E-state index in [0.29, 0.717) is 5.69 Å². The zero-order valence-electron chi connectivity index (χ0n) is 19.5. The average molecular weight is 545 g/mol. The first-order chi connectivity index (χ1) is 16.3. The molecule has 2 aliphatic rings. The lowest BCUT2D eigenvalue weighted by Gasteiger charge is -2.40. The first kappa shape index (κ1) is 25.8. The molecular weight excluding hydrogens is 518 g/mol. The maximum atomic E-state index is 13.6. The third-order valence-electron chi connectivity index (χ3n) is 6.27. The van der Waals surface area contributed by atoms with Crippen LogP contribution in [0.15, 0.2) is 30.5 Å². The predicted octanol–water partition coefficient (Wildman–Crippen LogP) is 4.37. The first-order valence-electron chi connectivity index (χ1n) is 11.2. The molecule has 3 heterocycles. The number of pyridine rings is 1. The summed E-state index contributed by atoms with van der Waals surface area (Å²) >= 11 is 11.9. The summed E-state index contributed by atoms with van der Waals surface area (Å²) in [5.74, 6) is -0.0497. The van der Waals surface area contributed by atoms with Crippen molar-refractivity contribution in [3.8, 4) is 5.75 Å². The van der Waals surface area contributed by atoms with E-state index in [1.165, 1.54) is 12.3 Å². The number of rotatable bonds is 7. The summed E-state index contributed by atoms with van der Waals surface area (Å²) in [5, 5.41) is 2.99. The number of anilines is 2. The van der Waals surface area contributed by atoms with Crippen molar-refractivity contribution >= 4 is 50.6 Å². The maximum Gasteiger partial charge on any atom is 0.263 e. The van der Waals surface area contributed by atoms with Crippen LogP contribution < -0.4 is 19.7 Å². The summed E-state index contributed by atoms with van der Waals surface area (Å²) in [6, 6.07) is 6.19. The summed E-state index contributed by atoms with van der Waals surface area (Å²) in [4.78, 5) is 19.8. The van der Waals surface area contributed by atoms with Gasteiger partial charge in [0.05, 0.1) is 28.2 Å². The lowest BCUT2D eigenvalue weighted by atomic mass is 9.96. The predicted molar refractivity (Wildman–Crippen MR) is 134 cm³/mol. The Balaban J connectivity index is 1.39. The Bertz CT molecular complexity index is 1210. The van der Waals surface area contributed by atoms with E-state index in [1.807, 2.05) is 6.07 Å². The van der Waals surface area contributed by atoms with Crippen molar-refractivity contribution in [3.05, 3.63) is 46.3 Å². The molecule has 35 heavy (non-hydrogen) atoms. The normalized spacial score (nSPS) is 22.1. The van der Waals surface area contributed by atoms with Crippen molar-refractivity contribution in [2.45, 2.75) is 63.3 Å². The Morgan fingerprint density at radius 3 is 2.40 bits per heavy atom. The summed E-state index contributed by atoms with van der Waals surface area (Å²) in [6.45, 7) is 3.24. The molecule has 12 heteroatoms. The van der Waals surface area contributed by atoms with Gasteiger partial charge in [-0.05, 0) is 57.7 Å². The van der Waals surface area contributed by atoms with Crippen molar-refractivity contribution in [2.75, 3.05) is 15.9 Å². The molecule has 2 saturated heterocycles. The third kappa shape index (κ3) is 5.92. The molecule has 0 spiro atoms. The number of nitrogens with zero attached hydrogens (tertiary/aromatic N) is 2. The molecule has 8 nitrogen and oxygen atoms in total. The highest BCUT2D eigenvalue weighted by atomic mass is 35.5. The fraction of sp³-hybridized carbons (Fsp3) is 0.478. The van der Waals surface area contributed by atoms with Crippen LogP contribution in [0.25, 0.3) is 0 Å². The van der Waals surface area contributed by atoms with Crippen LogP contribution in [0.3, 0.4) is 0 Å². The molecule has 1 aromatic carbocycles. The van der Waals surface area contributed by atoms with Gasteiger partial charge in [-0.15, -0.1) is 0 Å². The molecule has 2 N–H and O–H groups in total. The molecule has 2 aliphatic heterocycles. The van der Waals surface area contributed by atoms with Gasteiger partial charge in [0.2, 0.25) is 10.0 Å². The molecule has 2 bridgehead atoms. The van der Waals surface area contributed by atoms with Gasteiger partial charge in [0.15, 0.2) is 5.60 Å². The average Bonchev–Trinajstić information content (AvgIpc) is 3.01. The molecule has 3 atom stereocenters. The highest BCUT2D eigenvalue weighted by molar-refractivity contribution is 7.92. The molecule has 1 aromatic heterocycles. The van der Waals surface area contributed by atoms with Crippen molar-refractivity contribution in [1.82, 2.24) is 10.3 Å². The zero-order valence-corrected chi connectivity index (χ0v) is 21.8. The number of fused-ring (bicyclic) bond motifs is 2. The summed E-state index contributed by atoms with van der Waals surface area (Å²) < 4.78 is 44.7. The number of carbonyl (C=O) groups excluding carboxylic acids is 1. The highest BCUT2D eigenvalue weighted by Crippen LogP contribution is 2.39. The number of ether oxygens (including phenoxy) is 1. The molecule has 190 valence electrons. The summed E-state index contributed by atoms with van der Waals surface area (Å²) in [7, 11) is -3.37. The van der Waals surface area contributed by atoms with Crippen molar-refractivity contribution in [2.24, 2.45) is 0 Å². The molecular formula is C23H27Cl2FN4O4S. The van der Waals surface area contributed by atoms with Gasteiger partial charge in [-0.1, -0.05) is 23.2 Å². The van der Waals surface area contributed by atoms with Gasteiger partial charge in [-0.3, -0.25) is 9.52 Å². The number of hydrogen-bond donors (Lipinski definition) is 2. The number of halogens is 3. The van der Waals surface area contributed by atoms with E-state index in [4.69, 9.17) is 27.9 Å². The lowest BCUT2D eigenvalue weighted by Crippen LogP contribution is -2.55. The van der Waals surface area contributed by atoms with Crippen molar-refractivity contribution in [1.29, 1.82) is 0 Å². The van der Waals surface area contributed by atoms with Crippen molar-refractivity contribution in [3.63, 3.8) is 0 Å². The van der Waals surface area contributed by atoms with E-state index in [1.54, 1.807) is 19.9 Å². The number of piperidine rings is 1. The quantitative estimate of drug-likeness (QED) is 0.502. The van der Waals surface area contributed by atoms with Gasteiger partial charge in [-0.25, -0.2) is 17.8 Å². The van der Waals surface area contributed by atoms with E-state index >= 15 is 0 Å². The second-order valence-electron chi connectivity index (χ2n) is 9.52. The Hall–Kier alpha value is -2.30. The van der Waals surface area contributed by atoms with E-state index in [2.05, 4.69) is 19.9 Å². The Morgan fingerprint density at radius 1 is 1.17 bits per heavy atom. The number of aromatic nitrogens is 1. The third-order valence-corrected chi connectivity index (χ3v) is 7.46. The minimum Gasteiger partial charge on any atom is -0.476 e. The minimum atomic E-state index is -3.37. The van der Waals surface area contributed by atoms with Crippen LogP contribution in [0, 0.1) is 5.82 Å². The van der Waals surface area contributed by atoms with E-state index in [9.17, 15) is 17.6 Å².